The normalized spacial score (nSPS) is 15.4. The predicted molar refractivity (Wildman–Crippen MR) is 105 cm³/mol. The summed E-state index contributed by atoms with van der Waals surface area (Å²) in [6, 6.07) is 12.8. The van der Waals surface area contributed by atoms with Crippen molar-refractivity contribution in [1.29, 1.82) is 0 Å². The minimum Gasteiger partial charge on any atom is -0.326 e. The number of allylic oxidation sites excluding steroid dienone is 1. The number of non-ortho nitro benzene ring substituents is 1. The Morgan fingerprint density at radius 3 is 2.69 bits per heavy atom. The predicted octanol–water partition coefficient (Wildman–Crippen LogP) is 2.82. The van der Waals surface area contributed by atoms with Crippen molar-refractivity contribution in [3.05, 3.63) is 81.0 Å². The molecular weight excluding hydrogens is 374 g/mol. The Kier molecular flexibility index (Phi) is 4.51. The summed E-state index contributed by atoms with van der Waals surface area (Å²) in [7, 11) is 0. The average Bonchev–Trinajstić information content (AvgIpc) is 3.16. The van der Waals surface area contributed by atoms with Crippen LogP contribution in [0.1, 0.15) is 24.1 Å². The van der Waals surface area contributed by atoms with Crippen molar-refractivity contribution in [3.63, 3.8) is 0 Å². The number of hydrogen-bond acceptors (Lipinski definition) is 7. The van der Waals surface area contributed by atoms with E-state index in [9.17, 15) is 14.9 Å². The molecule has 2 N–H and O–H groups in total. The fourth-order valence-electron chi connectivity index (χ4n) is 3.26. The van der Waals surface area contributed by atoms with Crippen molar-refractivity contribution in [2.45, 2.75) is 19.9 Å². The Balaban J connectivity index is 1.77. The van der Waals surface area contributed by atoms with Gasteiger partial charge >= 0.3 is 0 Å². The molecule has 4 rings (SSSR count). The summed E-state index contributed by atoms with van der Waals surface area (Å²) in [6.07, 6.45) is 0. The lowest BCUT2D eigenvalue weighted by Crippen LogP contribution is -2.31. The van der Waals surface area contributed by atoms with Gasteiger partial charge in [0, 0.05) is 23.5 Å². The summed E-state index contributed by atoms with van der Waals surface area (Å²) < 4.78 is 1.44. The van der Waals surface area contributed by atoms with Crippen LogP contribution < -0.4 is 10.6 Å². The van der Waals surface area contributed by atoms with Gasteiger partial charge in [0.1, 0.15) is 6.04 Å². The van der Waals surface area contributed by atoms with E-state index in [1.165, 1.54) is 16.8 Å². The number of benzene rings is 2. The SMILES string of the molecule is CC1=C(C(=O)Nc2ccc(C)cc2)C(c2cccc([N+](=O)[O-])c2)n2nnnc2N1. The van der Waals surface area contributed by atoms with E-state index in [1.54, 1.807) is 19.1 Å². The molecule has 29 heavy (non-hydrogen) atoms. The minimum atomic E-state index is -0.716. The van der Waals surface area contributed by atoms with Crippen molar-refractivity contribution in [3.8, 4) is 0 Å². The molecule has 0 saturated carbocycles. The van der Waals surface area contributed by atoms with Crippen LogP contribution in [-0.4, -0.2) is 31.0 Å². The first-order chi connectivity index (χ1) is 13.9. The number of amides is 1. The van der Waals surface area contributed by atoms with Crippen LogP contribution in [0.4, 0.5) is 17.3 Å². The Morgan fingerprint density at radius 2 is 1.97 bits per heavy atom. The molecule has 0 bridgehead atoms. The molecule has 1 aromatic heterocycles. The number of fused-ring (bicyclic) bond motifs is 1. The molecule has 1 atom stereocenters. The average molecular weight is 391 g/mol. The maximum absolute atomic E-state index is 13.2. The zero-order chi connectivity index (χ0) is 20.5. The molecule has 1 aliphatic rings. The van der Waals surface area contributed by atoms with Crippen LogP contribution in [0.15, 0.2) is 59.8 Å². The van der Waals surface area contributed by atoms with Gasteiger partial charge in [-0.25, -0.2) is 0 Å². The van der Waals surface area contributed by atoms with Gasteiger partial charge in [-0.05, 0) is 42.0 Å². The van der Waals surface area contributed by atoms with Gasteiger partial charge in [-0.15, -0.1) is 0 Å². The fraction of sp³-hybridized carbons (Fsp3) is 0.158. The monoisotopic (exact) mass is 391 g/mol. The van der Waals surface area contributed by atoms with Gasteiger partial charge in [-0.1, -0.05) is 34.9 Å². The molecule has 0 radical (unpaired) electrons. The lowest BCUT2D eigenvalue weighted by atomic mass is 9.94. The van der Waals surface area contributed by atoms with Crippen molar-refractivity contribution >= 4 is 23.2 Å². The van der Waals surface area contributed by atoms with E-state index >= 15 is 0 Å². The van der Waals surface area contributed by atoms with Crippen LogP contribution in [0.2, 0.25) is 0 Å². The van der Waals surface area contributed by atoms with Gasteiger partial charge in [-0.3, -0.25) is 14.9 Å². The molecule has 0 saturated heterocycles. The number of hydrogen-bond donors (Lipinski definition) is 2. The molecule has 10 heteroatoms. The maximum atomic E-state index is 13.2. The lowest BCUT2D eigenvalue weighted by Gasteiger charge is -2.27. The summed E-state index contributed by atoms with van der Waals surface area (Å²) in [4.78, 5) is 23.9. The smallest absolute Gasteiger partial charge is 0.269 e. The van der Waals surface area contributed by atoms with E-state index in [0.29, 0.717) is 28.5 Å². The van der Waals surface area contributed by atoms with Crippen LogP contribution in [0.5, 0.6) is 0 Å². The van der Waals surface area contributed by atoms with Crippen LogP contribution in [-0.2, 0) is 4.79 Å². The van der Waals surface area contributed by atoms with Crippen LogP contribution >= 0.6 is 0 Å². The quantitative estimate of drug-likeness (QED) is 0.517. The van der Waals surface area contributed by atoms with Crippen LogP contribution in [0.25, 0.3) is 0 Å². The van der Waals surface area contributed by atoms with E-state index < -0.39 is 11.0 Å². The molecule has 0 aliphatic carbocycles. The first-order valence-corrected chi connectivity index (χ1v) is 8.82. The summed E-state index contributed by atoms with van der Waals surface area (Å²) in [5, 5.41) is 28.7. The first-order valence-electron chi connectivity index (χ1n) is 8.82. The molecule has 1 unspecified atom stereocenters. The number of aryl methyl sites for hydroxylation is 1. The highest BCUT2D eigenvalue weighted by atomic mass is 16.6. The molecule has 1 amide bonds. The summed E-state index contributed by atoms with van der Waals surface area (Å²) in [6.45, 7) is 3.70. The first kappa shape index (κ1) is 18.3. The Hall–Kier alpha value is -4.08. The van der Waals surface area contributed by atoms with Gasteiger partial charge in [0.25, 0.3) is 11.6 Å². The van der Waals surface area contributed by atoms with E-state index in [-0.39, 0.29) is 11.6 Å². The number of nitrogens with one attached hydrogen (secondary N) is 2. The zero-order valence-corrected chi connectivity index (χ0v) is 15.7. The highest BCUT2D eigenvalue weighted by molar-refractivity contribution is 6.06. The van der Waals surface area contributed by atoms with Gasteiger partial charge in [0.05, 0.1) is 10.5 Å². The largest absolute Gasteiger partial charge is 0.326 e. The number of carbonyl (C=O) groups is 1. The molecule has 0 spiro atoms. The Labute approximate surface area is 165 Å². The Morgan fingerprint density at radius 1 is 1.21 bits per heavy atom. The number of carbonyl (C=O) groups excluding carboxylic acids is 1. The highest BCUT2D eigenvalue weighted by Crippen LogP contribution is 2.35. The van der Waals surface area contributed by atoms with Crippen molar-refractivity contribution < 1.29 is 9.72 Å². The number of tetrazole rings is 1. The van der Waals surface area contributed by atoms with E-state index in [2.05, 4.69) is 26.2 Å². The topological polar surface area (TPSA) is 128 Å². The third-order valence-corrected chi connectivity index (χ3v) is 4.66. The number of nitro groups is 1. The number of anilines is 2. The van der Waals surface area contributed by atoms with Gasteiger partial charge in [0.2, 0.25) is 5.95 Å². The molecular formula is C19H17N7O3. The summed E-state index contributed by atoms with van der Waals surface area (Å²) in [5.74, 6) is 0.00222. The van der Waals surface area contributed by atoms with Gasteiger partial charge in [-0.2, -0.15) is 4.68 Å². The fourth-order valence-corrected chi connectivity index (χ4v) is 3.26. The summed E-state index contributed by atoms with van der Waals surface area (Å²) >= 11 is 0. The maximum Gasteiger partial charge on any atom is 0.269 e. The Bertz CT molecular complexity index is 1130. The van der Waals surface area contributed by atoms with Gasteiger partial charge < -0.3 is 10.6 Å². The van der Waals surface area contributed by atoms with E-state index in [1.807, 2.05) is 31.2 Å². The van der Waals surface area contributed by atoms with Crippen molar-refractivity contribution in [2.24, 2.45) is 0 Å². The third-order valence-electron chi connectivity index (χ3n) is 4.66. The molecule has 2 aromatic carbocycles. The molecule has 0 fully saturated rings. The molecule has 3 aromatic rings. The van der Waals surface area contributed by atoms with Crippen molar-refractivity contribution in [2.75, 3.05) is 10.6 Å². The standard InChI is InChI=1S/C19H17N7O3/c1-11-6-8-14(9-7-11)21-18(27)16-12(2)20-19-22-23-24-25(19)17(16)13-4-3-5-15(10-13)26(28)29/h3-10,17H,1-2H3,(H,21,27)(H,20,22,24). The van der Waals surface area contributed by atoms with E-state index in [4.69, 9.17) is 0 Å². The lowest BCUT2D eigenvalue weighted by molar-refractivity contribution is -0.384. The van der Waals surface area contributed by atoms with Crippen molar-refractivity contribution in [1.82, 2.24) is 20.2 Å². The molecule has 1 aliphatic heterocycles. The zero-order valence-electron chi connectivity index (χ0n) is 15.7. The highest BCUT2D eigenvalue weighted by Gasteiger charge is 2.34. The second-order valence-electron chi connectivity index (χ2n) is 6.69. The second-order valence-corrected chi connectivity index (χ2v) is 6.69. The number of nitro benzene ring substituents is 1. The third kappa shape index (κ3) is 3.43. The molecule has 10 nitrogen and oxygen atoms in total. The minimum absolute atomic E-state index is 0.0772. The number of aromatic nitrogens is 4. The summed E-state index contributed by atoms with van der Waals surface area (Å²) in [5.41, 5.74) is 3.10. The number of rotatable bonds is 4. The number of nitrogens with zero attached hydrogens (tertiary/aromatic N) is 5. The van der Waals surface area contributed by atoms with Crippen LogP contribution in [0, 0.1) is 17.0 Å². The molecule has 146 valence electrons. The molecule has 2 heterocycles. The second kappa shape index (κ2) is 7.15. The van der Waals surface area contributed by atoms with Gasteiger partial charge in [0.15, 0.2) is 0 Å². The van der Waals surface area contributed by atoms with E-state index in [0.717, 1.165) is 5.56 Å². The van der Waals surface area contributed by atoms with Crippen LogP contribution in [0.3, 0.4) is 0 Å².